The summed E-state index contributed by atoms with van der Waals surface area (Å²) >= 11 is 0. The smallest absolute Gasteiger partial charge is 0.261 e. The summed E-state index contributed by atoms with van der Waals surface area (Å²) < 4.78 is 46.5. The summed E-state index contributed by atoms with van der Waals surface area (Å²) in [5.74, 6) is -0.284. The number of carbonyl (C=O) groups excluding carboxylic acids is 1. The van der Waals surface area contributed by atoms with Gasteiger partial charge in [0, 0.05) is 5.69 Å². The number of halogens is 1. The van der Waals surface area contributed by atoms with Crippen molar-refractivity contribution < 1.29 is 22.3 Å². The van der Waals surface area contributed by atoms with E-state index in [-0.39, 0.29) is 29.3 Å². The van der Waals surface area contributed by atoms with Gasteiger partial charge in [-0.2, -0.15) is 0 Å². The van der Waals surface area contributed by atoms with E-state index in [0.717, 1.165) is 11.1 Å². The fraction of sp³-hybridized carbons (Fsp3) is 0.208. The number of carbonyl (C=O) groups is 1. The van der Waals surface area contributed by atoms with E-state index >= 15 is 0 Å². The van der Waals surface area contributed by atoms with Crippen molar-refractivity contribution in [1.29, 1.82) is 0 Å². The molecule has 3 rings (SSSR count). The standard InChI is InChI=1S/C24H25FN2O4S/c1-16-4-10-21(11-5-16)27-32(29,30)22-12-13-23(17(2)14-22)31-15-24(28)26-18(3)19-6-8-20(25)9-7-19/h4-14,18,27H,15H2,1-3H3,(H,26,28)/t18-/m1/s1. The lowest BCUT2D eigenvalue weighted by atomic mass is 10.1. The van der Waals surface area contributed by atoms with Crippen LogP contribution in [0.4, 0.5) is 10.1 Å². The molecule has 8 heteroatoms. The Morgan fingerprint density at radius 1 is 1.00 bits per heavy atom. The molecule has 1 atom stereocenters. The molecule has 1 amide bonds. The number of anilines is 1. The Bertz CT molecular complexity index is 1190. The molecular formula is C24H25FN2O4S. The minimum Gasteiger partial charge on any atom is -0.484 e. The van der Waals surface area contributed by atoms with Crippen LogP contribution in [0, 0.1) is 19.7 Å². The molecule has 0 fully saturated rings. The van der Waals surface area contributed by atoms with E-state index in [9.17, 15) is 17.6 Å². The van der Waals surface area contributed by atoms with E-state index in [2.05, 4.69) is 10.0 Å². The highest BCUT2D eigenvalue weighted by Crippen LogP contribution is 2.24. The normalized spacial score (nSPS) is 12.1. The van der Waals surface area contributed by atoms with Crippen LogP contribution in [0.2, 0.25) is 0 Å². The first kappa shape index (κ1) is 23.3. The third-order valence-electron chi connectivity index (χ3n) is 4.87. The summed E-state index contributed by atoms with van der Waals surface area (Å²) in [6.07, 6.45) is 0. The molecule has 0 aliphatic heterocycles. The number of rotatable bonds is 8. The third-order valence-corrected chi connectivity index (χ3v) is 6.25. The van der Waals surface area contributed by atoms with Gasteiger partial charge in [0.2, 0.25) is 0 Å². The van der Waals surface area contributed by atoms with Crippen molar-refractivity contribution in [2.75, 3.05) is 11.3 Å². The Morgan fingerprint density at radius 3 is 2.28 bits per heavy atom. The molecule has 0 aliphatic rings. The average Bonchev–Trinajstić information content (AvgIpc) is 2.74. The van der Waals surface area contributed by atoms with Crippen LogP contribution in [-0.2, 0) is 14.8 Å². The molecular weight excluding hydrogens is 431 g/mol. The van der Waals surface area contributed by atoms with Crippen molar-refractivity contribution >= 4 is 21.6 Å². The van der Waals surface area contributed by atoms with E-state index in [1.165, 1.54) is 30.3 Å². The van der Waals surface area contributed by atoms with Gasteiger partial charge in [0.1, 0.15) is 11.6 Å². The second kappa shape index (κ2) is 9.82. The van der Waals surface area contributed by atoms with Crippen molar-refractivity contribution in [3.8, 4) is 5.75 Å². The summed E-state index contributed by atoms with van der Waals surface area (Å²) in [6.45, 7) is 5.18. The quantitative estimate of drug-likeness (QED) is 0.523. The zero-order valence-electron chi connectivity index (χ0n) is 18.1. The molecule has 3 aromatic rings. The van der Waals surface area contributed by atoms with Gasteiger partial charge in [0.05, 0.1) is 10.9 Å². The molecule has 0 unspecified atom stereocenters. The fourth-order valence-corrected chi connectivity index (χ4v) is 4.19. The number of aryl methyl sites for hydroxylation is 2. The Labute approximate surface area is 187 Å². The van der Waals surface area contributed by atoms with Crippen molar-refractivity contribution in [3.05, 3.63) is 89.2 Å². The number of hydrogen-bond acceptors (Lipinski definition) is 4. The van der Waals surface area contributed by atoms with Gasteiger partial charge in [0.25, 0.3) is 15.9 Å². The SMILES string of the molecule is Cc1ccc(NS(=O)(=O)c2ccc(OCC(=O)N[C@H](C)c3ccc(F)cc3)c(C)c2)cc1. The number of amides is 1. The first-order valence-electron chi connectivity index (χ1n) is 10.0. The maximum Gasteiger partial charge on any atom is 0.261 e. The van der Waals surface area contributed by atoms with Crippen LogP contribution < -0.4 is 14.8 Å². The van der Waals surface area contributed by atoms with Crippen LogP contribution in [0.5, 0.6) is 5.75 Å². The monoisotopic (exact) mass is 456 g/mol. The predicted octanol–water partition coefficient (Wildman–Crippen LogP) is 4.50. The van der Waals surface area contributed by atoms with Crippen LogP contribution >= 0.6 is 0 Å². The molecule has 0 aliphatic carbocycles. The lowest BCUT2D eigenvalue weighted by Crippen LogP contribution is -2.31. The maximum absolute atomic E-state index is 13.0. The highest BCUT2D eigenvalue weighted by molar-refractivity contribution is 7.92. The zero-order valence-corrected chi connectivity index (χ0v) is 18.9. The molecule has 0 spiro atoms. The largest absolute Gasteiger partial charge is 0.484 e. The van der Waals surface area contributed by atoms with Crippen LogP contribution in [0.1, 0.15) is 29.7 Å². The highest BCUT2D eigenvalue weighted by Gasteiger charge is 2.17. The third kappa shape index (κ3) is 6.07. The lowest BCUT2D eigenvalue weighted by molar-refractivity contribution is -0.123. The zero-order chi connectivity index (χ0) is 23.3. The molecule has 0 heterocycles. The lowest BCUT2D eigenvalue weighted by Gasteiger charge is -2.16. The van der Waals surface area contributed by atoms with Crippen molar-refractivity contribution in [2.45, 2.75) is 31.7 Å². The summed E-state index contributed by atoms with van der Waals surface area (Å²) in [7, 11) is -3.76. The first-order valence-corrected chi connectivity index (χ1v) is 11.5. The highest BCUT2D eigenvalue weighted by atomic mass is 32.2. The van der Waals surface area contributed by atoms with Gasteiger partial charge < -0.3 is 10.1 Å². The van der Waals surface area contributed by atoms with Crippen LogP contribution in [0.15, 0.2) is 71.6 Å². The molecule has 0 aromatic heterocycles. The fourth-order valence-electron chi connectivity index (χ4n) is 3.05. The van der Waals surface area contributed by atoms with Gasteiger partial charge in [-0.25, -0.2) is 12.8 Å². The number of sulfonamides is 1. The molecule has 2 N–H and O–H groups in total. The maximum atomic E-state index is 13.0. The molecule has 0 radical (unpaired) electrons. The number of ether oxygens (including phenoxy) is 1. The predicted molar refractivity (Wildman–Crippen MR) is 122 cm³/mol. The first-order chi connectivity index (χ1) is 15.1. The van der Waals surface area contributed by atoms with E-state index in [4.69, 9.17) is 4.74 Å². The Balaban J connectivity index is 1.60. The Morgan fingerprint density at radius 2 is 1.66 bits per heavy atom. The molecule has 3 aromatic carbocycles. The van der Waals surface area contributed by atoms with Gasteiger partial charge in [-0.1, -0.05) is 29.8 Å². The molecule has 6 nitrogen and oxygen atoms in total. The number of nitrogens with one attached hydrogen (secondary N) is 2. The van der Waals surface area contributed by atoms with Gasteiger partial charge in [0.15, 0.2) is 6.61 Å². The molecule has 168 valence electrons. The van der Waals surface area contributed by atoms with Crippen molar-refractivity contribution in [3.63, 3.8) is 0 Å². The topological polar surface area (TPSA) is 84.5 Å². The molecule has 0 bridgehead atoms. The summed E-state index contributed by atoms with van der Waals surface area (Å²) in [4.78, 5) is 12.3. The average molecular weight is 457 g/mol. The van der Waals surface area contributed by atoms with Crippen LogP contribution in [-0.4, -0.2) is 20.9 Å². The van der Waals surface area contributed by atoms with Crippen LogP contribution in [0.25, 0.3) is 0 Å². The van der Waals surface area contributed by atoms with E-state index in [0.29, 0.717) is 17.0 Å². The molecule has 32 heavy (non-hydrogen) atoms. The van der Waals surface area contributed by atoms with E-state index in [1.54, 1.807) is 38.1 Å². The minimum atomic E-state index is -3.76. The summed E-state index contributed by atoms with van der Waals surface area (Å²) in [5.41, 5.74) is 2.85. The van der Waals surface area contributed by atoms with Gasteiger partial charge >= 0.3 is 0 Å². The van der Waals surface area contributed by atoms with Crippen LogP contribution in [0.3, 0.4) is 0 Å². The second-order valence-corrected chi connectivity index (χ2v) is 9.21. The van der Waals surface area contributed by atoms with Gasteiger partial charge in [-0.05, 0) is 74.4 Å². The van der Waals surface area contributed by atoms with Gasteiger partial charge in [-0.3, -0.25) is 9.52 Å². The number of hydrogen-bond donors (Lipinski definition) is 2. The van der Waals surface area contributed by atoms with E-state index in [1.807, 2.05) is 19.1 Å². The van der Waals surface area contributed by atoms with Gasteiger partial charge in [-0.15, -0.1) is 0 Å². The second-order valence-electron chi connectivity index (χ2n) is 7.53. The minimum absolute atomic E-state index is 0.0947. The van der Waals surface area contributed by atoms with E-state index < -0.39 is 10.0 Å². The number of benzene rings is 3. The molecule has 0 saturated carbocycles. The Kier molecular flexibility index (Phi) is 7.15. The van der Waals surface area contributed by atoms with Crippen molar-refractivity contribution in [1.82, 2.24) is 5.32 Å². The summed E-state index contributed by atoms with van der Waals surface area (Å²) in [5, 5.41) is 2.78. The van der Waals surface area contributed by atoms with Crippen molar-refractivity contribution in [2.24, 2.45) is 0 Å². The Hall–Kier alpha value is -3.39. The molecule has 0 saturated heterocycles. The summed E-state index contributed by atoms with van der Waals surface area (Å²) in [6, 6.07) is 17.0.